The minimum Gasteiger partial charge on any atom is -0.395 e. The Hall–Kier alpha value is -2.16. The van der Waals surface area contributed by atoms with Crippen LogP contribution in [0.4, 0.5) is 5.69 Å². The second-order valence-corrected chi connectivity index (χ2v) is 8.48. The van der Waals surface area contributed by atoms with Crippen molar-refractivity contribution in [1.29, 1.82) is 0 Å². The van der Waals surface area contributed by atoms with E-state index in [1.165, 1.54) is 0 Å². The van der Waals surface area contributed by atoms with E-state index in [1.54, 1.807) is 11.8 Å². The number of nitrogens with two attached hydrogens (primary N) is 2. The molecule has 1 atom stereocenters. The lowest BCUT2D eigenvalue weighted by atomic mass is 10.1. The average molecular weight is 382 g/mol. The molecule has 0 spiro atoms. The highest BCUT2D eigenvalue weighted by Gasteiger charge is 2.37. The fourth-order valence-electron chi connectivity index (χ4n) is 3.19. The van der Waals surface area contributed by atoms with Crippen LogP contribution in [0.15, 0.2) is 0 Å². The molecule has 8 nitrogen and oxygen atoms in total. The largest absolute Gasteiger partial charge is 0.395 e. The van der Waals surface area contributed by atoms with E-state index in [4.69, 9.17) is 11.5 Å². The highest BCUT2D eigenvalue weighted by atomic mass is 32.1. The van der Waals surface area contributed by atoms with Gasteiger partial charge in [-0.3, -0.25) is 14.4 Å². The van der Waals surface area contributed by atoms with E-state index >= 15 is 0 Å². The summed E-state index contributed by atoms with van der Waals surface area (Å²) in [4.78, 5) is 39.0. The lowest BCUT2D eigenvalue weighted by molar-refractivity contribution is -0.127. The van der Waals surface area contributed by atoms with Crippen molar-refractivity contribution in [2.45, 2.75) is 71.0 Å². The van der Waals surface area contributed by atoms with E-state index in [9.17, 15) is 14.4 Å². The molecule has 144 valence electrons. The van der Waals surface area contributed by atoms with E-state index < -0.39 is 17.5 Å². The predicted molar refractivity (Wildman–Crippen MR) is 101 cm³/mol. The molecule has 1 aliphatic carbocycles. The first-order valence-electron chi connectivity index (χ1n) is 8.72. The summed E-state index contributed by atoms with van der Waals surface area (Å²) in [5, 5.41) is 2.92. The van der Waals surface area contributed by atoms with Gasteiger partial charge in [0, 0.05) is 11.6 Å². The van der Waals surface area contributed by atoms with Gasteiger partial charge in [0.25, 0.3) is 11.8 Å². The summed E-state index contributed by atoms with van der Waals surface area (Å²) in [7, 11) is 0. The SMILES string of the molecule is C[C@H](C(=O)NC(C)(C)C)N(C(=O)c1snc(C(N)=O)c1N)C1CCCC1. The maximum absolute atomic E-state index is 13.2. The molecule has 0 aliphatic heterocycles. The molecule has 1 aromatic heterocycles. The fraction of sp³-hybridized carbons (Fsp3) is 0.647. The molecule has 9 heteroatoms. The van der Waals surface area contributed by atoms with E-state index in [0.29, 0.717) is 0 Å². The Kier molecular flexibility index (Phi) is 5.90. The maximum Gasteiger partial charge on any atom is 0.270 e. The summed E-state index contributed by atoms with van der Waals surface area (Å²) in [6, 6.07) is -0.704. The molecule has 3 amide bonds. The molecule has 2 rings (SSSR count). The highest BCUT2D eigenvalue weighted by molar-refractivity contribution is 7.09. The van der Waals surface area contributed by atoms with Crippen LogP contribution in [0.5, 0.6) is 0 Å². The van der Waals surface area contributed by atoms with Crippen molar-refractivity contribution in [1.82, 2.24) is 14.6 Å². The number of carbonyl (C=O) groups is 3. The molecule has 1 aromatic rings. The number of aromatic nitrogens is 1. The molecule has 0 aromatic carbocycles. The van der Waals surface area contributed by atoms with Crippen LogP contribution >= 0.6 is 11.5 Å². The summed E-state index contributed by atoms with van der Waals surface area (Å²) < 4.78 is 3.90. The van der Waals surface area contributed by atoms with Crippen molar-refractivity contribution in [3.05, 3.63) is 10.6 Å². The molecule has 5 N–H and O–H groups in total. The van der Waals surface area contributed by atoms with Gasteiger partial charge >= 0.3 is 0 Å². The smallest absolute Gasteiger partial charge is 0.270 e. The Balaban J connectivity index is 2.34. The third-order valence-corrected chi connectivity index (χ3v) is 5.25. The first-order valence-corrected chi connectivity index (χ1v) is 9.50. The van der Waals surface area contributed by atoms with Crippen molar-refractivity contribution < 1.29 is 14.4 Å². The van der Waals surface area contributed by atoms with Crippen LogP contribution < -0.4 is 16.8 Å². The third-order valence-electron chi connectivity index (χ3n) is 4.40. The van der Waals surface area contributed by atoms with Gasteiger partial charge in [-0.1, -0.05) is 12.8 Å². The predicted octanol–water partition coefficient (Wildman–Crippen LogP) is 1.51. The normalized spacial score (nSPS) is 16.3. The van der Waals surface area contributed by atoms with Crippen LogP contribution in [0.3, 0.4) is 0 Å². The van der Waals surface area contributed by atoms with Gasteiger partial charge in [0.1, 0.15) is 10.9 Å². The van der Waals surface area contributed by atoms with Gasteiger partial charge in [0.2, 0.25) is 5.91 Å². The number of nitrogen functional groups attached to an aromatic ring is 1. The van der Waals surface area contributed by atoms with Crippen molar-refractivity contribution >= 4 is 34.9 Å². The molecular weight excluding hydrogens is 354 g/mol. The Morgan fingerprint density at radius 1 is 1.27 bits per heavy atom. The summed E-state index contributed by atoms with van der Waals surface area (Å²) >= 11 is 0.843. The van der Waals surface area contributed by atoms with Crippen LogP contribution in [0.1, 0.15) is 73.5 Å². The van der Waals surface area contributed by atoms with Crippen LogP contribution in [0, 0.1) is 0 Å². The molecule has 1 heterocycles. The quantitative estimate of drug-likeness (QED) is 0.711. The van der Waals surface area contributed by atoms with Crippen LogP contribution in [0.25, 0.3) is 0 Å². The standard InChI is InChI=1S/C17H27N5O3S/c1-9(15(24)20-17(2,3)4)22(10-7-5-6-8-10)16(25)13-11(18)12(14(19)23)21-26-13/h9-10H,5-8,18H2,1-4H3,(H2,19,23)(H,20,24)/t9-/m1/s1. The van der Waals surface area contributed by atoms with Gasteiger partial charge in [-0.2, -0.15) is 4.37 Å². The maximum atomic E-state index is 13.2. The highest BCUT2D eigenvalue weighted by Crippen LogP contribution is 2.30. The number of nitrogens with one attached hydrogen (secondary N) is 1. The van der Waals surface area contributed by atoms with Crippen molar-refractivity contribution in [3.63, 3.8) is 0 Å². The number of amides is 3. The first kappa shape index (κ1) is 20.2. The number of hydrogen-bond donors (Lipinski definition) is 3. The van der Waals surface area contributed by atoms with E-state index in [2.05, 4.69) is 9.69 Å². The summed E-state index contributed by atoms with van der Waals surface area (Å²) in [5.74, 6) is -1.38. The number of rotatable bonds is 5. The summed E-state index contributed by atoms with van der Waals surface area (Å²) in [6.07, 6.45) is 3.68. The zero-order chi connectivity index (χ0) is 19.6. The number of hydrogen-bond acceptors (Lipinski definition) is 6. The number of carbonyl (C=O) groups excluding carboxylic acids is 3. The second kappa shape index (κ2) is 7.61. The zero-order valence-corrected chi connectivity index (χ0v) is 16.5. The molecule has 0 saturated heterocycles. The Bertz CT molecular complexity index is 704. The Morgan fingerprint density at radius 3 is 2.31 bits per heavy atom. The van der Waals surface area contributed by atoms with Gasteiger partial charge in [-0.25, -0.2) is 0 Å². The van der Waals surface area contributed by atoms with Crippen molar-refractivity contribution in [2.24, 2.45) is 5.73 Å². The fourth-order valence-corrected chi connectivity index (χ4v) is 3.94. The van der Waals surface area contributed by atoms with Crippen LogP contribution in [-0.4, -0.2) is 44.6 Å². The molecule has 0 radical (unpaired) electrons. The first-order chi connectivity index (χ1) is 12.0. The molecule has 26 heavy (non-hydrogen) atoms. The Labute approximate surface area is 157 Å². The monoisotopic (exact) mass is 381 g/mol. The third kappa shape index (κ3) is 4.32. The van der Waals surface area contributed by atoms with Gasteiger partial charge in [-0.05, 0) is 52.1 Å². The van der Waals surface area contributed by atoms with Crippen molar-refractivity contribution in [3.8, 4) is 0 Å². The minimum absolute atomic E-state index is 0.0149. The Morgan fingerprint density at radius 2 is 1.85 bits per heavy atom. The molecular formula is C17H27N5O3S. The molecule has 1 aliphatic rings. The van der Waals surface area contributed by atoms with E-state index in [0.717, 1.165) is 37.2 Å². The zero-order valence-electron chi connectivity index (χ0n) is 15.7. The lowest BCUT2D eigenvalue weighted by Gasteiger charge is -2.35. The van der Waals surface area contributed by atoms with Crippen LogP contribution in [0.2, 0.25) is 0 Å². The summed E-state index contributed by atoms with van der Waals surface area (Å²) in [5.41, 5.74) is 10.6. The van der Waals surface area contributed by atoms with E-state index in [1.807, 2.05) is 20.8 Å². The van der Waals surface area contributed by atoms with Crippen molar-refractivity contribution in [2.75, 3.05) is 5.73 Å². The molecule has 1 saturated carbocycles. The van der Waals surface area contributed by atoms with Gasteiger partial charge in [0.05, 0.1) is 5.69 Å². The molecule has 0 unspecified atom stereocenters. The van der Waals surface area contributed by atoms with Gasteiger partial charge in [-0.15, -0.1) is 0 Å². The summed E-state index contributed by atoms with van der Waals surface area (Å²) in [6.45, 7) is 7.38. The number of anilines is 1. The molecule has 1 fully saturated rings. The lowest BCUT2D eigenvalue weighted by Crippen LogP contribution is -2.55. The van der Waals surface area contributed by atoms with E-state index in [-0.39, 0.29) is 34.1 Å². The minimum atomic E-state index is -0.774. The topological polar surface area (TPSA) is 131 Å². The van der Waals surface area contributed by atoms with Gasteiger partial charge < -0.3 is 21.7 Å². The second-order valence-electron chi connectivity index (χ2n) is 7.70. The number of primary amides is 1. The van der Waals surface area contributed by atoms with Crippen LogP contribution in [-0.2, 0) is 4.79 Å². The average Bonchev–Trinajstić information content (AvgIpc) is 3.15. The van der Waals surface area contributed by atoms with Gasteiger partial charge in [0.15, 0.2) is 5.69 Å². The molecule has 0 bridgehead atoms. The number of nitrogens with zero attached hydrogens (tertiary/aromatic N) is 2.